The number of rotatable bonds is 1. The summed E-state index contributed by atoms with van der Waals surface area (Å²) in [6.45, 7) is -2.98. The van der Waals surface area contributed by atoms with Crippen molar-refractivity contribution in [3.63, 3.8) is 0 Å². The van der Waals surface area contributed by atoms with E-state index in [1.165, 1.54) is 0 Å². The van der Waals surface area contributed by atoms with Gasteiger partial charge in [-0.3, -0.25) is 0 Å². The molecule has 0 atom stereocenters. The first kappa shape index (κ1) is 5.75. The summed E-state index contributed by atoms with van der Waals surface area (Å²) in [5.74, 6) is 0. The van der Waals surface area contributed by atoms with Gasteiger partial charge in [0.25, 0.3) is 0 Å². The molecule has 0 aromatic carbocycles. The van der Waals surface area contributed by atoms with E-state index in [1.807, 2.05) is 0 Å². The van der Waals surface area contributed by atoms with Gasteiger partial charge in [0, 0.05) is 7.05 Å². The molecule has 0 spiro atoms. The van der Waals surface area contributed by atoms with Crippen molar-refractivity contribution < 1.29 is 13.3 Å². The van der Waals surface area contributed by atoms with Gasteiger partial charge in [-0.1, -0.05) is 5.12 Å². The molecule has 0 aliphatic heterocycles. The summed E-state index contributed by atoms with van der Waals surface area (Å²) < 4.78 is 32.3. The fourth-order valence-corrected chi connectivity index (χ4v) is 0. The molecule has 4 heteroatoms. The van der Waals surface area contributed by atoms with Crippen LogP contribution in [0.1, 0.15) is 0 Å². The Bertz CT molecular complexity index is 29.8. The molecule has 0 saturated carbocycles. The summed E-state index contributed by atoms with van der Waals surface area (Å²) in [5, 5.41) is -0.667. The van der Waals surface area contributed by atoms with Crippen LogP contribution in [0, 0.1) is 0 Å². The van der Waals surface area contributed by atoms with E-state index in [0.29, 0.717) is 7.05 Å². The molecule has 0 N–H and O–H groups in total. The maximum absolute atomic E-state index is 10.9. The predicted octanol–water partition coefficient (Wildman–Crippen LogP) is 1.03. The van der Waals surface area contributed by atoms with Gasteiger partial charge in [-0.05, 0) is 0 Å². The maximum atomic E-state index is 10.9. The minimum atomic E-state index is -2.98. The van der Waals surface area contributed by atoms with Crippen molar-refractivity contribution in [2.75, 3.05) is 7.05 Å². The largest absolute Gasteiger partial charge is 0.319 e. The molecular formula is C2H4F3N. The molecule has 0 radical (unpaired) electrons. The van der Waals surface area contributed by atoms with Gasteiger partial charge in [0.15, 0.2) is 0 Å². The smallest absolute Gasteiger partial charge is 0.189 e. The molecule has 0 amide bonds. The zero-order valence-electron chi connectivity index (χ0n) is 3.16. The summed E-state index contributed by atoms with van der Waals surface area (Å²) in [7, 11) is 0.657. The molecule has 1 nitrogen and oxygen atoms in total. The Labute approximate surface area is 33.3 Å². The van der Waals surface area contributed by atoms with Crippen LogP contribution in [0.4, 0.5) is 13.3 Å². The van der Waals surface area contributed by atoms with E-state index in [-0.39, 0.29) is 0 Å². The zero-order chi connectivity index (χ0) is 5.15. The Kier molecular flexibility index (Phi) is 1.94. The van der Waals surface area contributed by atoms with Crippen LogP contribution >= 0.6 is 0 Å². The molecular weight excluding hydrogens is 95.0 g/mol. The molecule has 0 aliphatic carbocycles. The number of hydrogen-bond donors (Lipinski definition) is 0. The van der Waals surface area contributed by atoms with Crippen molar-refractivity contribution in [1.82, 2.24) is 5.12 Å². The van der Waals surface area contributed by atoms with E-state index >= 15 is 0 Å². The zero-order valence-corrected chi connectivity index (χ0v) is 3.16. The van der Waals surface area contributed by atoms with Crippen LogP contribution in [0.3, 0.4) is 0 Å². The second kappa shape index (κ2) is 2.02. The molecule has 0 aromatic heterocycles. The Hall–Kier alpha value is -0.250. The first-order chi connectivity index (χ1) is 2.64. The summed E-state index contributed by atoms with van der Waals surface area (Å²) in [5.41, 5.74) is 0. The average Bonchev–Trinajstić information content (AvgIpc) is 1.36. The van der Waals surface area contributed by atoms with Crippen molar-refractivity contribution in [3.05, 3.63) is 0 Å². The van der Waals surface area contributed by atoms with Crippen molar-refractivity contribution in [2.24, 2.45) is 0 Å². The lowest BCUT2D eigenvalue weighted by Crippen LogP contribution is -2.12. The quantitative estimate of drug-likeness (QED) is 0.350. The monoisotopic (exact) mass is 99.0 g/mol. The van der Waals surface area contributed by atoms with E-state index in [0.717, 1.165) is 0 Å². The van der Waals surface area contributed by atoms with Crippen LogP contribution in [0.2, 0.25) is 0 Å². The third kappa shape index (κ3) is 2.02. The first-order valence-electron chi connectivity index (χ1n) is 1.31. The lowest BCUT2D eigenvalue weighted by molar-refractivity contribution is -0.126. The molecule has 0 bridgehead atoms. The van der Waals surface area contributed by atoms with E-state index in [4.69, 9.17) is 0 Å². The third-order valence-electron chi connectivity index (χ3n) is 0.269. The molecule has 0 aromatic rings. The molecule has 0 fully saturated rings. The first-order valence-corrected chi connectivity index (χ1v) is 1.31. The van der Waals surface area contributed by atoms with Gasteiger partial charge >= 0.3 is 6.55 Å². The van der Waals surface area contributed by atoms with Crippen LogP contribution in [0.25, 0.3) is 0 Å². The van der Waals surface area contributed by atoms with Gasteiger partial charge in [-0.15, -0.1) is 4.48 Å². The fourth-order valence-electron chi connectivity index (χ4n) is 0. The number of hydrogen-bond acceptors (Lipinski definition) is 1. The van der Waals surface area contributed by atoms with Crippen molar-refractivity contribution in [1.29, 1.82) is 0 Å². The molecule has 6 heavy (non-hydrogen) atoms. The fraction of sp³-hybridized carbons (Fsp3) is 1.00. The standard InChI is InChI=1S/C2H4F3N/c1-6(5)2(3)4/h2H,1H3. The van der Waals surface area contributed by atoms with Crippen LogP contribution in [0.15, 0.2) is 0 Å². The number of nitrogens with zero attached hydrogens (tertiary/aromatic N) is 1. The van der Waals surface area contributed by atoms with E-state index in [2.05, 4.69) is 0 Å². The summed E-state index contributed by atoms with van der Waals surface area (Å²) in [4.78, 5) is 0. The third-order valence-corrected chi connectivity index (χ3v) is 0.269. The maximum Gasteiger partial charge on any atom is 0.319 e. The second-order valence-corrected chi connectivity index (χ2v) is 0.802. The Morgan fingerprint density at radius 2 is 1.67 bits per heavy atom. The molecule has 0 saturated heterocycles. The topological polar surface area (TPSA) is 3.24 Å². The SMILES string of the molecule is CN(F)C(F)F. The van der Waals surface area contributed by atoms with Gasteiger partial charge in [-0.25, -0.2) is 0 Å². The number of alkyl halides is 2. The minimum absolute atomic E-state index is 0.657. The van der Waals surface area contributed by atoms with Gasteiger partial charge in [0.1, 0.15) is 0 Å². The lowest BCUT2D eigenvalue weighted by Gasteiger charge is -1.98. The molecule has 0 rings (SSSR count). The molecule has 0 aliphatic rings. The number of halogens is 3. The van der Waals surface area contributed by atoms with E-state index < -0.39 is 11.7 Å². The van der Waals surface area contributed by atoms with Crippen molar-refractivity contribution in [3.8, 4) is 0 Å². The van der Waals surface area contributed by atoms with Crippen molar-refractivity contribution in [2.45, 2.75) is 6.55 Å². The molecule has 38 valence electrons. The minimum Gasteiger partial charge on any atom is -0.189 e. The summed E-state index contributed by atoms with van der Waals surface area (Å²) in [6.07, 6.45) is 0. The summed E-state index contributed by atoms with van der Waals surface area (Å²) >= 11 is 0. The van der Waals surface area contributed by atoms with E-state index in [9.17, 15) is 13.3 Å². The molecule has 0 heterocycles. The lowest BCUT2D eigenvalue weighted by atomic mass is 11.1. The highest BCUT2D eigenvalue weighted by Gasteiger charge is 2.05. The van der Waals surface area contributed by atoms with Crippen LogP contribution in [-0.4, -0.2) is 18.7 Å². The van der Waals surface area contributed by atoms with Crippen molar-refractivity contribution >= 4 is 0 Å². The molecule has 0 unspecified atom stereocenters. The average molecular weight is 99.1 g/mol. The van der Waals surface area contributed by atoms with Gasteiger partial charge in [0.2, 0.25) is 0 Å². The Balaban J connectivity index is 2.99. The van der Waals surface area contributed by atoms with Crippen LogP contribution in [-0.2, 0) is 0 Å². The van der Waals surface area contributed by atoms with Gasteiger partial charge in [-0.2, -0.15) is 8.78 Å². The highest BCUT2D eigenvalue weighted by molar-refractivity contribution is 4.16. The Morgan fingerprint density at radius 3 is 1.67 bits per heavy atom. The highest BCUT2D eigenvalue weighted by Crippen LogP contribution is 1.96. The second-order valence-electron chi connectivity index (χ2n) is 0.802. The van der Waals surface area contributed by atoms with E-state index in [1.54, 1.807) is 0 Å². The normalized spacial score (nSPS) is 11.0. The van der Waals surface area contributed by atoms with Gasteiger partial charge in [0.05, 0.1) is 0 Å². The highest BCUT2D eigenvalue weighted by atomic mass is 19.3. The van der Waals surface area contributed by atoms with Crippen LogP contribution < -0.4 is 0 Å². The predicted molar refractivity (Wildman–Crippen MR) is 14.9 cm³/mol. The summed E-state index contributed by atoms with van der Waals surface area (Å²) in [6, 6.07) is 0. The Morgan fingerprint density at radius 1 is 1.50 bits per heavy atom. The van der Waals surface area contributed by atoms with Gasteiger partial charge < -0.3 is 0 Å². The van der Waals surface area contributed by atoms with Crippen LogP contribution in [0.5, 0.6) is 0 Å².